The Morgan fingerprint density at radius 3 is 2.76 bits per heavy atom. The van der Waals surface area contributed by atoms with Gasteiger partial charge >= 0.3 is 0 Å². The molecule has 0 saturated carbocycles. The molecule has 2 N–H and O–H groups in total. The number of aromatic nitrogens is 5. The van der Waals surface area contributed by atoms with Gasteiger partial charge in [0.2, 0.25) is 17.6 Å². The molecule has 2 heterocycles. The van der Waals surface area contributed by atoms with Crippen LogP contribution < -0.4 is 10.1 Å². The van der Waals surface area contributed by atoms with E-state index in [1.165, 1.54) is 6.33 Å². The Balaban J connectivity index is 1.29. The maximum absolute atomic E-state index is 12.2. The molecule has 9 nitrogen and oxygen atoms in total. The maximum Gasteiger partial charge on any atom is 0.239 e. The Bertz CT molecular complexity index is 1100. The summed E-state index contributed by atoms with van der Waals surface area (Å²) in [7, 11) is 0. The van der Waals surface area contributed by atoms with E-state index in [0.29, 0.717) is 46.2 Å². The molecule has 0 radical (unpaired) electrons. The number of benzene rings is 2. The van der Waals surface area contributed by atoms with Gasteiger partial charge in [0.15, 0.2) is 5.82 Å². The highest BCUT2D eigenvalue weighted by atomic mass is 35.5. The third-order valence-electron chi connectivity index (χ3n) is 3.86. The smallest absolute Gasteiger partial charge is 0.239 e. The minimum Gasteiger partial charge on any atom is -0.456 e. The molecule has 2 aromatic heterocycles. The molecule has 0 saturated heterocycles. The van der Waals surface area contributed by atoms with Crippen molar-refractivity contribution in [3.8, 4) is 23.1 Å². The zero-order valence-corrected chi connectivity index (χ0v) is 15.8. The summed E-state index contributed by atoms with van der Waals surface area (Å²) in [5, 5.41) is 13.5. The minimum absolute atomic E-state index is 0.177. The van der Waals surface area contributed by atoms with Crippen LogP contribution >= 0.6 is 11.6 Å². The zero-order chi connectivity index (χ0) is 20.1. The number of para-hydroxylation sites is 1. The number of rotatable bonds is 7. The highest BCUT2D eigenvalue weighted by Crippen LogP contribution is 2.29. The SMILES string of the molecule is O=C(CCc1nc(-c2ncn[nH]2)no1)Nc1ccc(Oc2ccccc2Cl)cc1. The van der Waals surface area contributed by atoms with Gasteiger partial charge in [0, 0.05) is 18.5 Å². The van der Waals surface area contributed by atoms with Crippen molar-refractivity contribution in [2.75, 3.05) is 5.32 Å². The molecule has 146 valence electrons. The second-order valence-corrected chi connectivity index (χ2v) is 6.36. The summed E-state index contributed by atoms with van der Waals surface area (Å²) in [6, 6.07) is 14.2. The third kappa shape index (κ3) is 4.77. The van der Waals surface area contributed by atoms with Crippen LogP contribution in [0.3, 0.4) is 0 Å². The summed E-state index contributed by atoms with van der Waals surface area (Å²) >= 11 is 6.08. The number of nitrogens with one attached hydrogen (secondary N) is 2. The first-order valence-electron chi connectivity index (χ1n) is 8.68. The zero-order valence-electron chi connectivity index (χ0n) is 15.0. The van der Waals surface area contributed by atoms with Crippen LogP contribution in [0.15, 0.2) is 59.4 Å². The van der Waals surface area contributed by atoms with Crippen molar-refractivity contribution >= 4 is 23.2 Å². The summed E-state index contributed by atoms with van der Waals surface area (Å²) in [5.74, 6) is 2.05. The van der Waals surface area contributed by atoms with E-state index < -0.39 is 0 Å². The summed E-state index contributed by atoms with van der Waals surface area (Å²) in [6.07, 6.45) is 1.85. The van der Waals surface area contributed by atoms with Crippen molar-refractivity contribution in [2.24, 2.45) is 0 Å². The van der Waals surface area contributed by atoms with Gasteiger partial charge < -0.3 is 14.6 Å². The molecule has 0 aliphatic carbocycles. The lowest BCUT2D eigenvalue weighted by Crippen LogP contribution is -2.12. The van der Waals surface area contributed by atoms with Crippen LogP contribution in [0.1, 0.15) is 12.3 Å². The van der Waals surface area contributed by atoms with Crippen LogP contribution in [-0.4, -0.2) is 31.2 Å². The lowest BCUT2D eigenvalue weighted by Gasteiger charge is -2.09. The molecule has 0 unspecified atom stereocenters. The summed E-state index contributed by atoms with van der Waals surface area (Å²) in [5.41, 5.74) is 0.648. The van der Waals surface area contributed by atoms with Gasteiger partial charge in [0.25, 0.3) is 0 Å². The van der Waals surface area contributed by atoms with Gasteiger partial charge in [-0.15, -0.1) is 0 Å². The topological polar surface area (TPSA) is 119 Å². The largest absolute Gasteiger partial charge is 0.456 e. The molecule has 0 spiro atoms. The third-order valence-corrected chi connectivity index (χ3v) is 4.18. The molecule has 4 aromatic rings. The maximum atomic E-state index is 12.2. The molecule has 0 aliphatic heterocycles. The molecule has 0 atom stereocenters. The van der Waals surface area contributed by atoms with E-state index in [0.717, 1.165) is 0 Å². The summed E-state index contributed by atoms with van der Waals surface area (Å²) < 4.78 is 10.8. The Morgan fingerprint density at radius 2 is 2.00 bits per heavy atom. The van der Waals surface area contributed by atoms with E-state index in [9.17, 15) is 4.79 Å². The molecule has 4 rings (SSSR count). The fourth-order valence-electron chi connectivity index (χ4n) is 2.47. The molecule has 2 aromatic carbocycles. The van der Waals surface area contributed by atoms with Crippen molar-refractivity contribution in [3.63, 3.8) is 0 Å². The van der Waals surface area contributed by atoms with E-state index >= 15 is 0 Å². The predicted octanol–water partition coefficient (Wildman–Crippen LogP) is 3.87. The highest BCUT2D eigenvalue weighted by Gasteiger charge is 2.12. The van der Waals surface area contributed by atoms with E-state index in [2.05, 4.69) is 30.6 Å². The molecule has 0 fully saturated rings. The molecule has 1 amide bonds. The number of hydrogen-bond acceptors (Lipinski definition) is 7. The van der Waals surface area contributed by atoms with Gasteiger partial charge in [0.1, 0.15) is 17.8 Å². The van der Waals surface area contributed by atoms with Gasteiger partial charge in [-0.3, -0.25) is 9.89 Å². The van der Waals surface area contributed by atoms with Crippen molar-refractivity contribution < 1.29 is 14.1 Å². The predicted molar refractivity (Wildman–Crippen MR) is 105 cm³/mol. The lowest BCUT2D eigenvalue weighted by molar-refractivity contribution is -0.116. The standard InChI is InChI=1S/C19H15ClN6O3/c20-14-3-1-2-4-15(14)28-13-7-5-12(6-8-13)23-16(27)9-10-17-24-19(26-29-17)18-21-11-22-25-18/h1-8,11H,9-10H2,(H,23,27)(H,21,22,25). The fourth-order valence-corrected chi connectivity index (χ4v) is 2.64. The van der Waals surface area contributed by atoms with Gasteiger partial charge in [-0.05, 0) is 36.4 Å². The summed E-state index contributed by atoms with van der Waals surface area (Å²) in [6.45, 7) is 0. The normalized spacial score (nSPS) is 10.7. The van der Waals surface area contributed by atoms with Crippen LogP contribution in [0.25, 0.3) is 11.6 Å². The Hall–Kier alpha value is -3.72. The minimum atomic E-state index is -0.177. The number of carbonyl (C=O) groups excluding carboxylic acids is 1. The first-order valence-corrected chi connectivity index (χ1v) is 9.06. The number of carbonyl (C=O) groups is 1. The highest BCUT2D eigenvalue weighted by molar-refractivity contribution is 6.32. The second-order valence-electron chi connectivity index (χ2n) is 5.95. The van der Waals surface area contributed by atoms with Gasteiger partial charge in [0.05, 0.1) is 5.02 Å². The second kappa shape index (κ2) is 8.53. The van der Waals surface area contributed by atoms with E-state index in [4.69, 9.17) is 20.9 Å². The van der Waals surface area contributed by atoms with E-state index in [-0.39, 0.29) is 12.3 Å². The molecule has 0 aliphatic rings. The average molecular weight is 411 g/mol. The Morgan fingerprint density at radius 1 is 1.17 bits per heavy atom. The van der Waals surface area contributed by atoms with Crippen molar-refractivity contribution in [1.82, 2.24) is 25.3 Å². The number of nitrogens with zero attached hydrogens (tertiary/aromatic N) is 4. The summed E-state index contributed by atoms with van der Waals surface area (Å²) in [4.78, 5) is 20.3. The van der Waals surface area contributed by atoms with Crippen LogP contribution in [-0.2, 0) is 11.2 Å². The monoisotopic (exact) mass is 410 g/mol. The number of aromatic amines is 1. The van der Waals surface area contributed by atoms with Gasteiger partial charge in [-0.2, -0.15) is 10.1 Å². The quantitative estimate of drug-likeness (QED) is 0.474. The van der Waals surface area contributed by atoms with Crippen LogP contribution in [0.2, 0.25) is 5.02 Å². The van der Waals surface area contributed by atoms with E-state index in [1.54, 1.807) is 36.4 Å². The van der Waals surface area contributed by atoms with Crippen molar-refractivity contribution in [3.05, 3.63) is 65.8 Å². The van der Waals surface area contributed by atoms with Gasteiger partial charge in [-0.1, -0.05) is 28.9 Å². The molecular weight excluding hydrogens is 396 g/mol. The molecule has 10 heteroatoms. The first kappa shape index (κ1) is 18.6. The lowest BCUT2D eigenvalue weighted by atomic mass is 10.2. The number of hydrogen-bond donors (Lipinski definition) is 2. The number of ether oxygens (including phenoxy) is 1. The molecule has 0 bridgehead atoms. The Kier molecular flexibility index (Phi) is 5.48. The van der Waals surface area contributed by atoms with Crippen LogP contribution in [0.5, 0.6) is 11.5 Å². The number of anilines is 1. The average Bonchev–Trinajstić information content (AvgIpc) is 3.41. The Labute approximate surface area is 170 Å². The van der Waals surface area contributed by atoms with E-state index in [1.807, 2.05) is 12.1 Å². The van der Waals surface area contributed by atoms with Crippen LogP contribution in [0, 0.1) is 0 Å². The molecular formula is C19H15ClN6O3. The first-order chi connectivity index (χ1) is 14.2. The number of halogens is 1. The number of amides is 1. The van der Waals surface area contributed by atoms with Crippen molar-refractivity contribution in [2.45, 2.75) is 12.8 Å². The fraction of sp³-hybridized carbons (Fsp3) is 0.105. The molecule has 29 heavy (non-hydrogen) atoms. The van der Waals surface area contributed by atoms with Crippen molar-refractivity contribution in [1.29, 1.82) is 0 Å². The van der Waals surface area contributed by atoms with Crippen LogP contribution in [0.4, 0.5) is 5.69 Å². The van der Waals surface area contributed by atoms with Gasteiger partial charge in [-0.25, -0.2) is 4.98 Å². The number of aryl methyl sites for hydroxylation is 1. The number of H-pyrrole nitrogens is 1.